The Labute approximate surface area is 145 Å². The summed E-state index contributed by atoms with van der Waals surface area (Å²) in [6.07, 6.45) is -3.32. The van der Waals surface area contributed by atoms with Gasteiger partial charge in [0.15, 0.2) is 0 Å². The van der Waals surface area contributed by atoms with Crippen LogP contribution in [-0.4, -0.2) is 35.3 Å². The summed E-state index contributed by atoms with van der Waals surface area (Å²) < 4.78 is 37.7. The Bertz CT molecular complexity index is 625. The number of alkyl halides is 3. The highest BCUT2D eigenvalue weighted by molar-refractivity contribution is 5.94. The first-order valence-corrected chi connectivity index (χ1v) is 8.26. The highest BCUT2D eigenvalue weighted by Gasteiger charge is 2.32. The van der Waals surface area contributed by atoms with Crippen LogP contribution >= 0.6 is 0 Å². The molecule has 25 heavy (non-hydrogen) atoms. The highest BCUT2D eigenvalue weighted by atomic mass is 19.4. The Hall–Kier alpha value is -2.05. The van der Waals surface area contributed by atoms with Gasteiger partial charge in [0.2, 0.25) is 5.91 Å². The number of rotatable bonds is 2. The van der Waals surface area contributed by atoms with E-state index in [-0.39, 0.29) is 28.8 Å². The number of carbonyl (C=O) groups excluding carboxylic acids is 2. The number of amides is 2. The third-order valence-electron chi connectivity index (χ3n) is 4.11. The molecular weight excluding hydrogens is 333 g/mol. The van der Waals surface area contributed by atoms with Gasteiger partial charge in [-0.05, 0) is 57.9 Å². The van der Waals surface area contributed by atoms with Crippen LogP contribution in [0.1, 0.15) is 49.5 Å². The number of likely N-dealkylation sites (tertiary alicyclic amines) is 1. The van der Waals surface area contributed by atoms with Crippen molar-refractivity contribution < 1.29 is 22.8 Å². The number of nitrogens with zero attached hydrogens (tertiary/aromatic N) is 1. The molecule has 0 aromatic heterocycles. The van der Waals surface area contributed by atoms with E-state index in [1.807, 2.05) is 20.8 Å². The average molecular weight is 356 g/mol. The van der Waals surface area contributed by atoms with E-state index in [4.69, 9.17) is 0 Å². The Morgan fingerprint density at radius 1 is 1.04 bits per heavy atom. The number of hydrogen-bond acceptors (Lipinski definition) is 2. The zero-order valence-electron chi connectivity index (χ0n) is 14.6. The van der Waals surface area contributed by atoms with E-state index in [0.717, 1.165) is 12.1 Å². The fraction of sp³-hybridized carbons (Fsp3) is 0.556. The summed E-state index contributed by atoms with van der Waals surface area (Å²) in [5.74, 6) is -0.464. The first-order chi connectivity index (χ1) is 11.5. The van der Waals surface area contributed by atoms with E-state index in [0.29, 0.717) is 25.9 Å². The lowest BCUT2D eigenvalue weighted by Crippen LogP contribution is -2.47. The second kappa shape index (κ2) is 7.06. The van der Waals surface area contributed by atoms with Gasteiger partial charge in [0.1, 0.15) is 0 Å². The van der Waals surface area contributed by atoms with Gasteiger partial charge in [0.05, 0.1) is 5.56 Å². The van der Waals surface area contributed by atoms with Crippen molar-refractivity contribution in [3.05, 3.63) is 35.4 Å². The molecule has 1 aromatic carbocycles. The van der Waals surface area contributed by atoms with Gasteiger partial charge in [-0.2, -0.15) is 13.2 Å². The van der Waals surface area contributed by atoms with E-state index in [9.17, 15) is 22.8 Å². The van der Waals surface area contributed by atoms with E-state index < -0.39 is 11.7 Å². The molecule has 0 atom stereocenters. The summed E-state index contributed by atoms with van der Waals surface area (Å²) >= 11 is 0. The molecule has 0 radical (unpaired) electrons. The first-order valence-electron chi connectivity index (χ1n) is 8.26. The summed E-state index contributed by atoms with van der Waals surface area (Å²) in [5, 5.41) is 2.94. The molecular formula is C18H23F3N2O2. The third kappa shape index (κ3) is 5.21. The molecule has 1 aromatic rings. The zero-order valence-corrected chi connectivity index (χ0v) is 14.6. The number of nitrogens with one attached hydrogen (secondary N) is 1. The van der Waals surface area contributed by atoms with Crippen molar-refractivity contribution in [3.8, 4) is 0 Å². The summed E-state index contributed by atoms with van der Waals surface area (Å²) in [7, 11) is 0. The fourth-order valence-corrected chi connectivity index (χ4v) is 2.80. The van der Waals surface area contributed by atoms with E-state index in [1.54, 1.807) is 4.90 Å². The molecule has 1 saturated heterocycles. The minimum Gasteiger partial charge on any atom is -0.351 e. The lowest BCUT2D eigenvalue weighted by molar-refractivity contribution is -0.137. The van der Waals surface area contributed by atoms with Gasteiger partial charge < -0.3 is 10.2 Å². The summed E-state index contributed by atoms with van der Waals surface area (Å²) in [5.41, 5.74) is -0.850. The minimum absolute atomic E-state index is 0.0193. The van der Waals surface area contributed by atoms with E-state index in [2.05, 4.69) is 5.32 Å². The van der Waals surface area contributed by atoms with Crippen molar-refractivity contribution in [2.75, 3.05) is 13.1 Å². The number of carbonyl (C=O) groups is 2. The van der Waals surface area contributed by atoms with Crippen LogP contribution in [0.25, 0.3) is 0 Å². The maximum Gasteiger partial charge on any atom is 0.416 e. The fourth-order valence-electron chi connectivity index (χ4n) is 2.80. The molecule has 0 spiro atoms. The van der Waals surface area contributed by atoms with Crippen molar-refractivity contribution in [2.24, 2.45) is 5.92 Å². The number of piperidine rings is 1. The standard InChI is InChI=1S/C18H23F3N2O2/c1-17(2,3)22-15(24)12-8-10-23(11-9-12)16(25)13-4-6-14(7-5-13)18(19,20)21/h4-7,12H,8-11H2,1-3H3,(H,22,24). The molecule has 138 valence electrons. The topological polar surface area (TPSA) is 49.4 Å². The Kier molecular flexibility index (Phi) is 5.44. The van der Waals surface area contributed by atoms with Crippen LogP contribution in [0.2, 0.25) is 0 Å². The Balaban J connectivity index is 1.94. The Morgan fingerprint density at radius 3 is 2.00 bits per heavy atom. The largest absolute Gasteiger partial charge is 0.416 e. The molecule has 0 aliphatic carbocycles. The third-order valence-corrected chi connectivity index (χ3v) is 4.11. The summed E-state index contributed by atoms with van der Waals surface area (Å²) in [4.78, 5) is 26.2. The van der Waals surface area contributed by atoms with Crippen LogP contribution in [0.3, 0.4) is 0 Å². The van der Waals surface area contributed by atoms with Crippen molar-refractivity contribution in [3.63, 3.8) is 0 Å². The van der Waals surface area contributed by atoms with Crippen LogP contribution < -0.4 is 5.32 Å². The lowest BCUT2D eigenvalue weighted by atomic mass is 9.94. The molecule has 0 saturated carbocycles. The van der Waals surface area contributed by atoms with Gasteiger partial charge >= 0.3 is 6.18 Å². The molecule has 1 N–H and O–H groups in total. The molecule has 1 aliphatic heterocycles. The van der Waals surface area contributed by atoms with Crippen LogP contribution in [0.5, 0.6) is 0 Å². The van der Waals surface area contributed by atoms with Crippen molar-refractivity contribution in [1.82, 2.24) is 10.2 Å². The quantitative estimate of drug-likeness (QED) is 0.882. The van der Waals surface area contributed by atoms with Gasteiger partial charge in [-0.3, -0.25) is 9.59 Å². The van der Waals surface area contributed by atoms with E-state index in [1.165, 1.54) is 12.1 Å². The van der Waals surface area contributed by atoms with Gasteiger partial charge in [0.25, 0.3) is 5.91 Å². The molecule has 1 aliphatic rings. The molecule has 1 heterocycles. The normalized spacial score (nSPS) is 16.6. The van der Waals surface area contributed by atoms with Gasteiger partial charge in [0, 0.05) is 30.1 Å². The van der Waals surface area contributed by atoms with Crippen molar-refractivity contribution in [1.29, 1.82) is 0 Å². The van der Waals surface area contributed by atoms with Crippen LogP contribution in [-0.2, 0) is 11.0 Å². The maximum absolute atomic E-state index is 12.6. The minimum atomic E-state index is -4.42. The SMILES string of the molecule is CC(C)(C)NC(=O)C1CCN(C(=O)c2ccc(C(F)(F)F)cc2)CC1. The molecule has 1 fully saturated rings. The van der Waals surface area contributed by atoms with Gasteiger partial charge in [-0.25, -0.2) is 0 Å². The predicted octanol–water partition coefficient (Wildman–Crippen LogP) is 3.47. The molecule has 2 amide bonds. The maximum atomic E-state index is 12.6. The predicted molar refractivity (Wildman–Crippen MR) is 88.0 cm³/mol. The molecule has 2 rings (SSSR count). The van der Waals surface area contributed by atoms with Crippen LogP contribution in [0.15, 0.2) is 24.3 Å². The van der Waals surface area contributed by atoms with Crippen molar-refractivity contribution in [2.45, 2.75) is 45.3 Å². The zero-order chi connectivity index (χ0) is 18.8. The average Bonchev–Trinajstić information content (AvgIpc) is 2.52. The molecule has 4 nitrogen and oxygen atoms in total. The Morgan fingerprint density at radius 2 is 1.56 bits per heavy atom. The van der Waals surface area contributed by atoms with Crippen LogP contribution in [0, 0.1) is 5.92 Å². The number of hydrogen-bond donors (Lipinski definition) is 1. The van der Waals surface area contributed by atoms with Gasteiger partial charge in [-0.1, -0.05) is 0 Å². The smallest absolute Gasteiger partial charge is 0.351 e. The van der Waals surface area contributed by atoms with E-state index >= 15 is 0 Å². The summed E-state index contributed by atoms with van der Waals surface area (Å²) in [6.45, 7) is 6.57. The monoisotopic (exact) mass is 356 g/mol. The second-order valence-electron chi connectivity index (χ2n) is 7.38. The second-order valence-corrected chi connectivity index (χ2v) is 7.38. The van der Waals surface area contributed by atoms with Gasteiger partial charge in [-0.15, -0.1) is 0 Å². The lowest BCUT2D eigenvalue weighted by Gasteiger charge is -2.33. The van der Waals surface area contributed by atoms with Crippen LogP contribution in [0.4, 0.5) is 13.2 Å². The molecule has 7 heteroatoms. The molecule has 0 unspecified atom stereocenters. The summed E-state index contributed by atoms with van der Waals surface area (Å²) in [6, 6.07) is 4.22. The first kappa shape index (κ1) is 19.3. The number of benzene rings is 1. The van der Waals surface area contributed by atoms with Crippen molar-refractivity contribution >= 4 is 11.8 Å². The highest BCUT2D eigenvalue weighted by Crippen LogP contribution is 2.29. The molecule has 0 bridgehead atoms. The number of halogens is 3.